The van der Waals surface area contributed by atoms with Gasteiger partial charge >= 0.3 is 5.97 Å². The molecule has 1 fully saturated rings. The van der Waals surface area contributed by atoms with Gasteiger partial charge in [0, 0.05) is 23.5 Å². The lowest BCUT2D eigenvalue weighted by Gasteiger charge is -2.15. The normalized spacial score (nSPS) is 14.0. The first-order valence-corrected chi connectivity index (χ1v) is 8.87. The summed E-state index contributed by atoms with van der Waals surface area (Å²) in [5.74, 6) is -0.567. The Morgan fingerprint density at radius 2 is 2.04 bits per heavy atom. The second-order valence-electron chi connectivity index (χ2n) is 6.75. The Bertz CT molecular complexity index is 933. The fourth-order valence-electron chi connectivity index (χ4n) is 3.44. The molecule has 0 unspecified atom stereocenters. The molecule has 3 rings (SSSR count). The van der Waals surface area contributed by atoms with E-state index in [2.05, 4.69) is 5.32 Å². The number of anilines is 2. The molecule has 0 spiro atoms. The Balaban J connectivity index is 2.00. The van der Waals surface area contributed by atoms with Gasteiger partial charge in [-0.25, -0.2) is 4.79 Å². The van der Waals surface area contributed by atoms with Gasteiger partial charge in [0.15, 0.2) is 5.69 Å². The van der Waals surface area contributed by atoms with Crippen LogP contribution >= 0.6 is 0 Å². The van der Waals surface area contributed by atoms with Crippen LogP contribution in [0.4, 0.5) is 11.4 Å². The molecular weight excluding hydrogens is 344 g/mol. The van der Waals surface area contributed by atoms with E-state index >= 15 is 0 Å². The van der Waals surface area contributed by atoms with Gasteiger partial charge in [0.2, 0.25) is 5.91 Å². The zero-order valence-corrected chi connectivity index (χ0v) is 15.4. The summed E-state index contributed by atoms with van der Waals surface area (Å²) >= 11 is 0. The maximum Gasteiger partial charge on any atom is 0.357 e. The number of nitrogen functional groups attached to an aromatic ring is 1. The molecule has 0 saturated heterocycles. The second-order valence-corrected chi connectivity index (χ2v) is 6.75. The number of hydrogen-bond donors (Lipinski definition) is 2. The maximum absolute atomic E-state index is 12.5. The van der Waals surface area contributed by atoms with Crippen molar-refractivity contribution in [3.05, 3.63) is 41.2 Å². The number of amides is 1. The number of nitrogens with one attached hydrogen (secondary N) is 1. The van der Waals surface area contributed by atoms with E-state index in [1.807, 2.05) is 19.1 Å². The first-order valence-electron chi connectivity index (χ1n) is 8.87. The maximum atomic E-state index is 12.5. The van der Waals surface area contributed by atoms with Crippen LogP contribution in [-0.2, 0) is 9.53 Å². The first kappa shape index (κ1) is 18.5. The molecule has 7 nitrogen and oxygen atoms in total. The number of nitrogens with zero attached hydrogens (tertiary/aromatic N) is 2. The summed E-state index contributed by atoms with van der Waals surface area (Å²) in [5.41, 5.74) is 8.48. The molecule has 1 aliphatic rings. The van der Waals surface area contributed by atoms with Crippen molar-refractivity contribution in [1.82, 2.24) is 4.57 Å². The molecule has 7 heteroatoms. The number of methoxy groups -OCH3 is 1. The van der Waals surface area contributed by atoms with Crippen LogP contribution in [0.3, 0.4) is 0 Å². The summed E-state index contributed by atoms with van der Waals surface area (Å²) in [7, 11) is 1.26. The summed E-state index contributed by atoms with van der Waals surface area (Å²) in [6.07, 6.45) is 5.49. The Kier molecular flexibility index (Phi) is 5.17. The molecule has 0 atom stereocenters. The minimum absolute atomic E-state index is 0.0191. The third kappa shape index (κ3) is 3.51. The van der Waals surface area contributed by atoms with E-state index < -0.39 is 5.97 Å². The van der Waals surface area contributed by atoms with Crippen molar-refractivity contribution < 1.29 is 14.3 Å². The van der Waals surface area contributed by atoms with E-state index in [9.17, 15) is 14.9 Å². The monoisotopic (exact) mass is 366 g/mol. The Hall–Kier alpha value is -3.27. The fourth-order valence-corrected chi connectivity index (χ4v) is 3.44. The van der Waals surface area contributed by atoms with Crippen molar-refractivity contribution in [2.45, 2.75) is 32.6 Å². The number of hydrogen-bond acceptors (Lipinski definition) is 5. The number of aryl methyl sites for hydroxylation is 1. The molecule has 2 aromatic rings. The van der Waals surface area contributed by atoms with E-state index in [0.717, 1.165) is 31.2 Å². The highest BCUT2D eigenvalue weighted by atomic mass is 16.5. The Morgan fingerprint density at radius 3 is 2.67 bits per heavy atom. The van der Waals surface area contributed by atoms with Crippen LogP contribution in [0.1, 0.15) is 47.3 Å². The zero-order chi connectivity index (χ0) is 19.6. The number of benzene rings is 1. The molecule has 0 aliphatic heterocycles. The van der Waals surface area contributed by atoms with E-state index in [0.29, 0.717) is 11.4 Å². The number of rotatable bonds is 4. The number of carbonyl (C=O) groups is 2. The van der Waals surface area contributed by atoms with Crippen LogP contribution in [-0.4, -0.2) is 23.6 Å². The molecular formula is C20H22N4O3. The van der Waals surface area contributed by atoms with Crippen LogP contribution in [0.15, 0.2) is 24.4 Å². The van der Waals surface area contributed by atoms with Crippen LogP contribution in [0, 0.1) is 24.2 Å². The topological polar surface area (TPSA) is 110 Å². The van der Waals surface area contributed by atoms with Crippen LogP contribution in [0.2, 0.25) is 0 Å². The Labute approximate surface area is 157 Å². The quantitative estimate of drug-likeness (QED) is 0.808. The van der Waals surface area contributed by atoms with Gasteiger partial charge in [-0.15, -0.1) is 0 Å². The highest BCUT2D eigenvalue weighted by molar-refractivity contribution is 5.96. The molecule has 1 saturated carbocycles. The number of ether oxygens (including phenoxy) is 1. The number of carbonyl (C=O) groups excluding carboxylic acids is 2. The first-order chi connectivity index (χ1) is 13.0. The molecule has 1 heterocycles. The predicted molar refractivity (Wildman–Crippen MR) is 102 cm³/mol. The molecule has 1 aromatic heterocycles. The number of aromatic nitrogens is 1. The smallest absolute Gasteiger partial charge is 0.357 e. The highest BCUT2D eigenvalue weighted by Crippen LogP contribution is 2.29. The van der Waals surface area contributed by atoms with E-state index in [1.54, 1.807) is 12.1 Å². The SMILES string of the molecule is COC(=O)c1c(N)c(C#N)cn1-c1ccc(C)c(NC(=O)C2CCCC2)c1. The van der Waals surface area contributed by atoms with Crippen LogP contribution < -0.4 is 11.1 Å². The summed E-state index contributed by atoms with van der Waals surface area (Å²) in [6.45, 7) is 1.90. The summed E-state index contributed by atoms with van der Waals surface area (Å²) < 4.78 is 6.32. The molecule has 1 amide bonds. The van der Waals surface area contributed by atoms with Crippen molar-refractivity contribution in [2.75, 3.05) is 18.2 Å². The molecule has 1 aromatic carbocycles. The standard InChI is InChI=1S/C20H22N4O3/c1-12-7-8-15(9-16(12)23-19(25)13-5-3-4-6-13)24-11-14(10-21)17(22)18(24)20(26)27-2/h7-9,11,13H,3-6,22H2,1-2H3,(H,23,25). The van der Waals surface area contributed by atoms with Gasteiger partial charge in [0.05, 0.1) is 18.4 Å². The van der Waals surface area contributed by atoms with Gasteiger partial charge in [-0.2, -0.15) is 5.26 Å². The van der Waals surface area contributed by atoms with Crippen molar-refractivity contribution in [1.29, 1.82) is 5.26 Å². The summed E-state index contributed by atoms with van der Waals surface area (Å²) in [5, 5.41) is 12.2. The number of nitrogens with two attached hydrogens (primary N) is 1. The largest absolute Gasteiger partial charge is 0.464 e. The van der Waals surface area contributed by atoms with E-state index in [4.69, 9.17) is 10.5 Å². The van der Waals surface area contributed by atoms with Gasteiger partial charge in [0.25, 0.3) is 0 Å². The van der Waals surface area contributed by atoms with Crippen molar-refractivity contribution >= 4 is 23.3 Å². The number of esters is 1. The lowest BCUT2D eigenvalue weighted by Crippen LogP contribution is -2.21. The van der Waals surface area contributed by atoms with Gasteiger partial charge in [-0.3, -0.25) is 4.79 Å². The zero-order valence-electron chi connectivity index (χ0n) is 15.4. The third-order valence-electron chi connectivity index (χ3n) is 5.03. The molecule has 27 heavy (non-hydrogen) atoms. The minimum atomic E-state index is -0.633. The molecule has 3 N–H and O–H groups in total. The van der Waals surface area contributed by atoms with Crippen LogP contribution in [0.25, 0.3) is 5.69 Å². The second kappa shape index (κ2) is 7.54. The van der Waals surface area contributed by atoms with Gasteiger partial charge in [0.1, 0.15) is 6.07 Å². The lowest BCUT2D eigenvalue weighted by molar-refractivity contribution is -0.119. The van der Waals surface area contributed by atoms with Crippen molar-refractivity contribution in [3.8, 4) is 11.8 Å². The van der Waals surface area contributed by atoms with Gasteiger partial charge in [-0.1, -0.05) is 18.9 Å². The average molecular weight is 366 g/mol. The van der Waals surface area contributed by atoms with Gasteiger partial charge < -0.3 is 20.4 Å². The van der Waals surface area contributed by atoms with E-state index in [1.165, 1.54) is 17.9 Å². The molecule has 140 valence electrons. The van der Waals surface area contributed by atoms with E-state index in [-0.39, 0.29) is 28.8 Å². The minimum Gasteiger partial charge on any atom is -0.464 e. The summed E-state index contributed by atoms with van der Waals surface area (Å²) in [6, 6.07) is 7.40. The van der Waals surface area contributed by atoms with Gasteiger partial charge in [-0.05, 0) is 37.5 Å². The van der Waals surface area contributed by atoms with Crippen molar-refractivity contribution in [2.24, 2.45) is 5.92 Å². The van der Waals surface area contributed by atoms with Crippen molar-refractivity contribution in [3.63, 3.8) is 0 Å². The molecule has 1 aliphatic carbocycles. The summed E-state index contributed by atoms with van der Waals surface area (Å²) in [4.78, 5) is 24.6. The third-order valence-corrected chi connectivity index (χ3v) is 5.03. The average Bonchev–Trinajstić information content (AvgIpc) is 3.31. The predicted octanol–water partition coefficient (Wildman–Crippen LogP) is 3.15. The Morgan fingerprint density at radius 1 is 1.33 bits per heavy atom. The van der Waals surface area contributed by atoms with Crippen LogP contribution in [0.5, 0.6) is 0 Å². The lowest BCUT2D eigenvalue weighted by atomic mass is 10.1. The number of nitriles is 1. The highest BCUT2D eigenvalue weighted by Gasteiger charge is 2.24. The molecule has 0 radical (unpaired) electrons. The fraction of sp³-hybridized carbons (Fsp3) is 0.350. The molecule has 0 bridgehead atoms.